The molecule has 0 spiro atoms. The molecular formula is C17H19ClN2. The molecule has 0 N–H and O–H groups in total. The van der Waals surface area contributed by atoms with Crippen LogP contribution in [0.15, 0.2) is 48.5 Å². The maximum atomic E-state index is 6.25. The maximum Gasteiger partial charge on any atom is 0.0484 e. The zero-order valence-electron chi connectivity index (χ0n) is 11.7. The van der Waals surface area contributed by atoms with Gasteiger partial charge in [-0.3, -0.25) is 0 Å². The molecule has 1 heterocycles. The number of benzene rings is 2. The molecule has 2 aromatic carbocycles. The second-order valence-corrected chi connectivity index (χ2v) is 5.72. The van der Waals surface area contributed by atoms with E-state index in [9.17, 15) is 0 Å². The summed E-state index contributed by atoms with van der Waals surface area (Å²) in [6, 6.07) is 16.7. The van der Waals surface area contributed by atoms with Crippen LogP contribution in [0.1, 0.15) is 0 Å². The van der Waals surface area contributed by atoms with Crippen molar-refractivity contribution < 1.29 is 0 Å². The van der Waals surface area contributed by atoms with Crippen LogP contribution in [0.5, 0.6) is 0 Å². The summed E-state index contributed by atoms with van der Waals surface area (Å²) in [5.41, 5.74) is 3.57. The smallest absolute Gasteiger partial charge is 0.0484 e. The van der Waals surface area contributed by atoms with E-state index in [1.807, 2.05) is 18.2 Å². The Hall–Kier alpha value is -1.51. The van der Waals surface area contributed by atoms with Crippen molar-refractivity contribution in [3.05, 3.63) is 53.6 Å². The summed E-state index contributed by atoms with van der Waals surface area (Å²) < 4.78 is 0. The topological polar surface area (TPSA) is 6.48 Å². The van der Waals surface area contributed by atoms with Crippen LogP contribution in [0, 0.1) is 0 Å². The standard InChI is InChI=1S/C17H19ClN2/c1-19-10-12-20(13-11-19)15-8-6-14(7-9-15)16-4-2-3-5-17(16)18/h2-9H,10-13H2,1H3. The van der Waals surface area contributed by atoms with Crippen LogP contribution in [0.3, 0.4) is 0 Å². The van der Waals surface area contributed by atoms with E-state index in [0.29, 0.717) is 0 Å². The lowest BCUT2D eigenvalue weighted by atomic mass is 10.1. The second-order valence-electron chi connectivity index (χ2n) is 5.32. The Morgan fingerprint density at radius 3 is 2.15 bits per heavy atom. The highest BCUT2D eigenvalue weighted by atomic mass is 35.5. The summed E-state index contributed by atoms with van der Waals surface area (Å²) in [6.45, 7) is 4.46. The first kappa shape index (κ1) is 13.5. The Balaban J connectivity index is 1.80. The van der Waals surface area contributed by atoms with Crippen LogP contribution in [-0.4, -0.2) is 38.1 Å². The number of hydrogen-bond acceptors (Lipinski definition) is 2. The Bertz CT molecular complexity index is 572. The number of rotatable bonds is 2. The molecule has 0 aromatic heterocycles. The van der Waals surface area contributed by atoms with Gasteiger partial charge < -0.3 is 9.80 Å². The lowest BCUT2D eigenvalue weighted by molar-refractivity contribution is 0.313. The highest BCUT2D eigenvalue weighted by Crippen LogP contribution is 2.29. The average molecular weight is 287 g/mol. The van der Waals surface area contributed by atoms with Crippen LogP contribution in [0.2, 0.25) is 5.02 Å². The molecule has 3 heteroatoms. The van der Waals surface area contributed by atoms with E-state index < -0.39 is 0 Å². The van der Waals surface area contributed by atoms with Crippen LogP contribution in [-0.2, 0) is 0 Å². The van der Waals surface area contributed by atoms with Gasteiger partial charge in [0, 0.05) is 42.5 Å². The number of piperazine rings is 1. The molecule has 1 saturated heterocycles. The largest absolute Gasteiger partial charge is 0.369 e. The molecular weight excluding hydrogens is 268 g/mol. The Labute approximate surface area is 125 Å². The van der Waals surface area contributed by atoms with E-state index in [-0.39, 0.29) is 0 Å². The van der Waals surface area contributed by atoms with Gasteiger partial charge in [0.2, 0.25) is 0 Å². The quantitative estimate of drug-likeness (QED) is 0.829. The average Bonchev–Trinajstić information content (AvgIpc) is 2.49. The number of halogens is 1. The minimum absolute atomic E-state index is 0.805. The predicted octanol–water partition coefficient (Wildman–Crippen LogP) is 3.76. The monoisotopic (exact) mass is 286 g/mol. The molecule has 3 rings (SSSR count). The van der Waals surface area contributed by atoms with Crippen molar-refractivity contribution in [3.63, 3.8) is 0 Å². The molecule has 0 bridgehead atoms. The van der Waals surface area contributed by atoms with E-state index in [0.717, 1.165) is 36.8 Å². The fourth-order valence-corrected chi connectivity index (χ4v) is 2.86. The predicted molar refractivity (Wildman–Crippen MR) is 86.6 cm³/mol. The van der Waals surface area contributed by atoms with E-state index in [1.165, 1.54) is 11.3 Å². The van der Waals surface area contributed by atoms with Gasteiger partial charge >= 0.3 is 0 Å². The van der Waals surface area contributed by atoms with Gasteiger partial charge in [0.25, 0.3) is 0 Å². The molecule has 20 heavy (non-hydrogen) atoms. The van der Waals surface area contributed by atoms with Crippen molar-refractivity contribution in [2.75, 3.05) is 38.1 Å². The SMILES string of the molecule is CN1CCN(c2ccc(-c3ccccc3Cl)cc2)CC1. The lowest BCUT2D eigenvalue weighted by Gasteiger charge is -2.34. The molecule has 2 aromatic rings. The van der Waals surface area contributed by atoms with Gasteiger partial charge in [0.1, 0.15) is 0 Å². The molecule has 1 fully saturated rings. The second kappa shape index (κ2) is 5.86. The fraction of sp³-hybridized carbons (Fsp3) is 0.294. The van der Waals surface area contributed by atoms with E-state index >= 15 is 0 Å². The van der Waals surface area contributed by atoms with E-state index in [1.54, 1.807) is 0 Å². The Morgan fingerprint density at radius 2 is 1.50 bits per heavy atom. The molecule has 0 unspecified atom stereocenters. The Morgan fingerprint density at radius 1 is 0.850 bits per heavy atom. The first-order chi connectivity index (χ1) is 9.74. The minimum atomic E-state index is 0.805. The summed E-state index contributed by atoms with van der Waals surface area (Å²) >= 11 is 6.25. The van der Waals surface area contributed by atoms with E-state index in [2.05, 4.69) is 47.2 Å². The fourth-order valence-electron chi connectivity index (χ4n) is 2.61. The van der Waals surface area contributed by atoms with Crippen molar-refractivity contribution in [2.45, 2.75) is 0 Å². The van der Waals surface area contributed by atoms with Crippen molar-refractivity contribution >= 4 is 17.3 Å². The van der Waals surface area contributed by atoms with Gasteiger partial charge in [-0.25, -0.2) is 0 Å². The first-order valence-corrected chi connectivity index (χ1v) is 7.40. The molecule has 2 nitrogen and oxygen atoms in total. The van der Waals surface area contributed by atoms with Gasteiger partial charge in [-0.05, 0) is 30.8 Å². The number of nitrogens with zero attached hydrogens (tertiary/aromatic N) is 2. The normalized spacial score (nSPS) is 16.4. The minimum Gasteiger partial charge on any atom is -0.369 e. The van der Waals surface area contributed by atoms with Gasteiger partial charge in [-0.1, -0.05) is 41.9 Å². The summed E-state index contributed by atoms with van der Waals surface area (Å²) in [7, 11) is 2.18. The third-order valence-corrected chi connectivity index (χ3v) is 4.25. The molecule has 104 valence electrons. The van der Waals surface area contributed by atoms with Gasteiger partial charge in [0.05, 0.1) is 0 Å². The zero-order valence-corrected chi connectivity index (χ0v) is 12.5. The van der Waals surface area contributed by atoms with Crippen LogP contribution in [0.25, 0.3) is 11.1 Å². The number of hydrogen-bond donors (Lipinski definition) is 0. The molecule has 1 aliphatic heterocycles. The third kappa shape index (κ3) is 2.82. The molecule has 0 atom stereocenters. The third-order valence-electron chi connectivity index (χ3n) is 3.92. The van der Waals surface area contributed by atoms with Crippen molar-refractivity contribution in [1.82, 2.24) is 4.90 Å². The first-order valence-electron chi connectivity index (χ1n) is 7.02. The van der Waals surface area contributed by atoms with Crippen molar-refractivity contribution in [2.24, 2.45) is 0 Å². The lowest BCUT2D eigenvalue weighted by Crippen LogP contribution is -2.44. The zero-order chi connectivity index (χ0) is 13.9. The van der Waals surface area contributed by atoms with Crippen LogP contribution < -0.4 is 4.90 Å². The highest BCUT2D eigenvalue weighted by molar-refractivity contribution is 6.33. The van der Waals surface area contributed by atoms with Crippen LogP contribution in [0.4, 0.5) is 5.69 Å². The van der Waals surface area contributed by atoms with Crippen molar-refractivity contribution in [1.29, 1.82) is 0 Å². The van der Waals surface area contributed by atoms with E-state index in [4.69, 9.17) is 11.6 Å². The van der Waals surface area contributed by atoms with Gasteiger partial charge in [0.15, 0.2) is 0 Å². The highest BCUT2D eigenvalue weighted by Gasteiger charge is 2.14. The number of likely N-dealkylation sites (N-methyl/N-ethyl adjacent to an activating group) is 1. The number of anilines is 1. The summed E-state index contributed by atoms with van der Waals surface area (Å²) in [5.74, 6) is 0. The maximum absolute atomic E-state index is 6.25. The molecule has 1 aliphatic rings. The molecule has 0 aliphatic carbocycles. The Kier molecular flexibility index (Phi) is 3.95. The van der Waals surface area contributed by atoms with Gasteiger partial charge in [-0.15, -0.1) is 0 Å². The molecule has 0 saturated carbocycles. The molecule has 0 radical (unpaired) electrons. The van der Waals surface area contributed by atoms with Crippen LogP contribution >= 0.6 is 11.6 Å². The summed E-state index contributed by atoms with van der Waals surface area (Å²) in [6.07, 6.45) is 0. The van der Waals surface area contributed by atoms with Gasteiger partial charge in [-0.2, -0.15) is 0 Å². The van der Waals surface area contributed by atoms with Crippen molar-refractivity contribution in [3.8, 4) is 11.1 Å². The summed E-state index contributed by atoms with van der Waals surface area (Å²) in [5, 5.41) is 0.805. The molecule has 0 amide bonds. The summed E-state index contributed by atoms with van der Waals surface area (Å²) in [4.78, 5) is 4.81.